The van der Waals surface area contributed by atoms with Gasteiger partial charge in [0.05, 0.1) is 47.0 Å². The number of carbonyl (C=O) groups is 4. The Morgan fingerprint density at radius 1 is 0.541 bits per heavy atom. The molecule has 0 spiro atoms. The van der Waals surface area contributed by atoms with Crippen LogP contribution in [-0.2, 0) is 56.3 Å². The topological polar surface area (TPSA) is 263 Å². The minimum Gasteiger partial charge on any atom is -0.444 e. The Morgan fingerprint density at radius 2 is 0.888 bits per heavy atom. The van der Waals surface area contributed by atoms with Crippen molar-refractivity contribution in [3.05, 3.63) is 131 Å². The molecule has 1 unspecified atom stereocenters. The maximum atomic E-state index is 15.9. The van der Waals surface area contributed by atoms with E-state index in [0.29, 0.717) is 49.4 Å². The SMILES string of the molecule is CC(C)(C)OC(=O)NC1CC(F)(F)c2cc(F)c(-c3nnc(N4CCCC4)o3)cc2N(Cc2ccc(-n3cnc(C(F)(F)F)n3)cc2)C1=O.CC(C)(C)OC(=O)N[C@@H]1CC(F)(F)c2cc(F)c(-c3nnc(N4CCCC4)o3)cc2N(Cc2ccc(-n3cnc(C(F)(F)F)n3)cc2)C1=O. The van der Waals surface area contributed by atoms with E-state index in [9.17, 15) is 45.5 Å². The number of hydrogen-bond acceptors (Lipinski definition) is 18. The van der Waals surface area contributed by atoms with Gasteiger partial charge in [0, 0.05) is 50.1 Å². The monoisotopic (exact) mass is 1380 g/mol. The summed E-state index contributed by atoms with van der Waals surface area (Å²) in [5.41, 5.74) is -4.00. The van der Waals surface area contributed by atoms with E-state index in [-0.39, 0.29) is 70.8 Å². The largest absolute Gasteiger partial charge is 0.453 e. The Kier molecular flexibility index (Phi) is 18.5. The van der Waals surface area contributed by atoms with Crippen molar-refractivity contribution in [2.24, 2.45) is 0 Å². The molecule has 4 aliphatic heterocycles. The maximum absolute atomic E-state index is 15.9. The molecule has 24 nitrogen and oxygen atoms in total. The zero-order valence-corrected chi connectivity index (χ0v) is 52.8. The van der Waals surface area contributed by atoms with Crippen LogP contribution in [0.1, 0.15) is 114 Å². The van der Waals surface area contributed by atoms with E-state index in [0.717, 1.165) is 69.6 Å². The van der Waals surface area contributed by atoms with Crippen LogP contribution in [-0.4, -0.2) is 123 Å². The van der Waals surface area contributed by atoms with Crippen molar-refractivity contribution in [2.75, 3.05) is 45.8 Å². The highest BCUT2D eigenvalue weighted by molar-refractivity contribution is 6.02. The fraction of sp³-hybridized carbons (Fsp3) is 0.419. The standard InChI is InChI=1S/2C31H30F6N8O4/c2*1-29(2,3)49-28(47)39-22-14-30(33,34)20-13-21(32)19(24-40-41-27(48-24)43-10-4-5-11-43)12-23(20)44(25(22)46)15-17-6-8-18(9-7-17)45-16-38-26(42-45)31(35,36)37/h2*6-9,12-13,16,22H,4-5,10-11,14-15H2,1-3H3,(H,39,47)/t22-;/m1./s1. The van der Waals surface area contributed by atoms with Crippen LogP contribution in [0.4, 0.5) is 85.7 Å². The molecule has 98 heavy (non-hydrogen) atoms. The summed E-state index contributed by atoms with van der Waals surface area (Å²) in [5, 5.41) is 27.1. The van der Waals surface area contributed by atoms with Gasteiger partial charge in [0.15, 0.2) is 0 Å². The van der Waals surface area contributed by atoms with Crippen LogP contribution < -0.4 is 30.2 Å². The number of rotatable bonds is 12. The molecular weight excluding hydrogens is 1320 g/mol. The number of alkyl carbamates (subject to hydrolysis) is 2. The summed E-state index contributed by atoms with van der Waals surface area (Å²) in [6, 6.07) is 11.3. The molecule has 12 rings (SSSR count). The quantitative estimate of drug-likeness (QED) is 0.108. The van der Waals surface area contributed by atoms with Gasteiger partial charge < -0.3 is 48.5 Å². The number of ether oxygens (including phenoxy) is 2. The van der Waals surface area contributed by atoms with Crippen molar-refractivity contribution in [3.63, 3.8) is 0 Å². The number of alkyl halides is 10. The molecule has 2 fully saturated rings. The van der Waals surface area contributed by atoms with Gasteiger partial charge >= 0.3 is 36.6 Å². The van der Waals surface area contributed by atoms with Gasteiger partial charge in [0.2, 0.25) is 11.8 Å². The predicted octanol–water partition coefficient (Wildman–Crippen LogP) is 12.0. The van der Waals surface area contributed by atoms with E-state index in [1.807, 2.05) is 9.80 Å². The van der Waals surface area contributed by atoms with Crippen LogP contribution in [0.2, 0.25) is 0 Å². The Balaban J connectivity index is 0.000000198. The first-order valence-corrected chi connectivity index (χ1v) is 30.4. The summed E-state index contributed by atoms with van der Waals surface area (Å²) in [6.07, 6.45) is -8.83. The summed E-state index contributed by atoms with van der Waals surface area (Å²) >= 11 is 0. The van der Waals surface area contributed by atoms with Crippen LogP contribution in [0.25, 0.3) is 34.3 Å². The fourth-order valence-electron chi connectivity index (χ4n) is 11.1. The smallest absolute Gasteiger partial charge is 0.444 e. The Labute approximate surface area is 548 Å². The average molecular weight is 1390 g/mol. The van der Waals surface area contributed by atoms with Crippen molar-refractivity contribution >= 4 is 47.4 Å². The van der Waals surface area contributed by atoms with Gasteiger partial charge in [0.1, 0.15) is 47.6 Å². The van der Waals surface area contributed by atoms with E-state index in [2.05, 4.69) is 51.2 Å². The van der Waals surface area contributed by atoms with E-state index >= 15 is 26.3 Å². The summed E-state index contributed by atoms with van der Waals surface area (Å²) in [6.45, 7) is 11.2. The van der Waals surface area contributed by atoms with E-state index in [1.165, 1.54) is 48.5 Å². The molecule has 8 aromatic rings. The van der Waals surface area contributed by atoms with Crippen molar-refractivity contribution in [2.45, 2.75) is 141 Å². The molecule has 0 radical (unpaired) electrons. The normalized spacial score (nSPS) is 18.0. The predicted molar refractivity (Wildman–Crippen MR) is 321 cm³/mol. The first-order valence-electron chi connectivity index (χ1n) is 30.4. The Bertz CT molecular complexity index is 3990. The highest BCUT2D eigenvalue weighted by Crippen LogP contribution is 2.48. The van der Waals surface area contributed by atoms with E-state index < -0.39 is 119 Å². The van der Waals surface area contributed by atoms with Crippen LogP contribution in [0.15, 0.2) is 94.3 Å². The zero-order valence-electron chi connectivity index (χ0n) is 52.8. The number of amides is 4. The van der Waals surface area contributed by atoms with Crippen LogP contribution in [0.3, 0.4) is 0 Å². The van der Waals surface area contributed by atoms with Crippen LogP contribution >= 0.6 is 0 Å². The first kappa shape index (κ1) is 69.0. The van der Waals surface area contributed by atoms with Crippen LogP contribution in [0, 0.1) is 11.6 Å². The summed E-state index contributed by atoms with van der Waals surface area (Å²) in [7, 11) is 0. The number of benzene rings is 4. The number of halogens is 12. The second-order valence-corrected chi connectivity index (χ2v) is 25.3. The molecule has 0 bridgehead atoms. The third-order valence-electron chi connectivity index (χ3n) is 15.6. The molecule has 0 saturated carbocycles. The molecule has 4 aromatic heterocycles. The Morgan fingerprint density at radius 3 is 1.20 bits per heavy atom. The number of aromatic nitrogens is 10. The van der Waals surface area contributed by atoms with Gasteiger partial charge in [-0.25, -0.2) is 55.3 Å². The molecule has 2 atom stereocenters. The summed E-state index contributed by atoms with van der Waals surface area (Å²) in [4.78, 5) is 65.4. The van der Waals surface area contributed by atoms with Gasteiger partial charge in [-0.15, -0.1) is 20.4 Å². The maximum Gasteiger partial charge on any atom is 0.453 e. The minimum atomic E-state index is -4.76. The van der Waals surface area contributed by atoms with Gasteiger partial charge in [-0.2, -0.15) is 26.3 Å². The van der Waals surface area contributed by atoms with Crippen LogP contribution in [0.5, 0.6) is 0 Å². The fourth-order valence-corrected chi connectivity index (χ4v) is 11.1. The lowest BCUT2D eigenvalue weighted by molar-refractivity contribution is -0.145. The minimum absolute atomic E-state index is 0.136. The third-order valence-corrected chi connectivity index (χ3v) is 15.6. The zero-order chi connectivity index (χ0) is 70.6. The highest BCUT2D eigenvalue weighted by Gasteiger charge is 2.49. The van der Waals surface area contributed by atoms with Crippen molar-refractivity contribution in [3.8, 4) is 34.3 Å². The molecule has 0 aliphatic carbocycles. The lowest BCUT2D eigenvalue weighted by atomic mass is 9.99. The molecular formula is C62H60F12N16O8. The van der Waals surface area contributed by atoms with Crippen molar-refractivity contribution in [1.29, 1.82) is 0 Å². The summed E-state index contributed by atoms with van der Waals surface area (Å²) in [5.74, 6) is -15.0. The van der Waals surface area contributed by atoms with Crippen molar-refractivity contribution in [1.82, 2.24) is 60.6 Å². The second-order valence-electron chi connectivity index (χ2n) is 25.3. The molecule has 520 valence electrons. The number of carbonyl (C=O) groups excluding carboxylic acids is 4. The lowest BCUT2D eigenvalue weighted by Gasteiger charge is -2.27. The number of hydrogen-bond donors (Lipinski definition) is 2. The van der Waals surface area contributed by atoms with Gasteiger partial charge in [-0.1, -0.05) is 34.5 Å². The number of fused-ring (bicyclic) bond motifs is 2. The molecule has 4 aliphatic rings. The number of nitrogens with zero attached hydrogens (tertiary/aromatic N) is 14. The van der Waals surface area contributed by atoms with E-state index in [1.54, 1.807) is 41.5 Å². The van der Waals surface area contributed by atoms with Crippen molar-refractivity contribution < 1.29 is 90.2 Å². The molecule has 8 heterocycles. The number of nitrogens with one attached hydrogen (secondary N) is 2. The number of anilines is 4. The Hall–Kier alpha value is -10.3. The van der Waals surface area contributed by atoms with Gasteiger partial charge in [-0.3, -0.25) is 9.59 Å². The summed E-state index contributed by atoms with van der Waals surface area (Å²) < 4.78 is 197. The first-order chi connectivity index (χ1) is 46.0. The van der Waals surface area contributed by atoms with E-state index in [4.69, 9.17) is 18.3 Å². The molecule has 36 heteroatoms. The molecule has 2 N–H and O–H groups in total. The molecule has 4 amide bonds. The second kappa shape index (κ2) is 26.3. The molecule has 4 aromatic carbocycles. The third kappa shape index (κ3) is 15.4. The van der Waals surface area contributed by atoms with Gasteiger partial charge in [0.25, 0.3) is 35.3 Å². The molecule has 2 saturated heterocycles. The highest BCUT2D eigenvalue weighted by atomic mass is 19.4. The van der Waals surface area contributed by atoms with Gasteiger partial charge in [-0.05, 0) is 127 Å². The average Bonchev–Trinajstić information content (AvgIpc) is 1.58. The lowest BCUT2D eigenvalue weighted by Crippen LogP contribution is -2.49.